The molecular weight excluding hydrogens is 174 g/mol. The highest BCUT2D eigenvalue weighted by Crippen LogP contribution is 2.20. The Labute approximate surface area is 86.2 Å². The molecule has 1 aliphatic rings. The second-order valence-corrected chi connectivity index (χ2v) is 3.74. The van der Waals surface area contributed by atoms with Gasteiger partial charge in [-0.1, -0.05) is 26.8 Å². The first-order valence-electron chi connectivity index (χ1n) is 5.11. The summed E-state index contributed by atoms with van der Waals surface area (Å²) in [4.78, 5) is 4.26. The first-order chi connectivity index (χ1) is 6.61. The van der Waals surface area contributed by atoms with Gasteiger partial charge in [0, 0.05) is 19.7 Å². The third kappa shape index (κ3) is 1.86. The van der Waals surface area contributed by atoms with E-state index < -0.39 is 0 Å². The molecule has 0 aromatic rings. The van der Waals surface area contributed by atoms with Crippen LogP contribution < -0.4 is 0 Å². The number of allylic oxidation sites excluding steroid dienone is 1. The summed E-state index contributed by atoms with van der Waals surface area (Å²) in [5, 5.41) is 6.35. The van der Waals surface area contributed by atoms with E-state index in [-0.39, 0.29) is 0 Å². The Morgan fingerprint density at radius 2 is 2.14 bits per heavy atom. The summed E-state index contributed by atoms with van der Waals surface area (Å²) < 4.78 is 0. The highest BCUT2D eigenvalue weighted by molar-refractivity contribution is 6.27. The second kappa shape index (κ2) is 4.40. The molecule has 14 heavy (non-hydrogen) atoms. The van der Waals surface area contributed by atoms with Gasteiger partial charge >= 0.3 is 0 Å². The van der Waals surface area contributed by atoms with Crippen LogP contribution in [0, 0.1) is 5.92 Å². The number of aliphatic imine (C=N–C) groups is 1. The van der Waals surface area contributed by atoms with Crippen molar-refractivity contribution in [2.45, 2.75) is 27.2 Å². The van der Waals surface area contributed by atoms with Gasteiger partial charge < -0.3 is 0 Å². The molecule has 0 atom stereocenters. The predicted octanol–water partition coefficient (Wildman–Crippen LogP) is 2.31. The molecular formula is C11H19N3. The summed E-state index contributed by atoms with van der Waals surface area (Å²) in [7, 11) is 3.76. The molecule has 0 unspecified atom stereocenters. The summed E-state index contributed by atoms with van der Waals surface area (Å²) in [6.45, 7) is 6.46. The zero-order valence-electron chi connectivity index (χ0n) is 9.70. The summed E-state index contributed by atoms with van der Waals surface area (Å²) in [5.41, 5.74) is 2.35. The second-order valence-electron chi connectivity index (χ2n) is 3.74. The van der Waals surface area contributed by atoms with E-state index in [2.05, 4.69) is 36.9 Å². The summed E-state index contributed by atoms with van der Waals surface area (Å²) in [6, 6.07) is 0. The number of hydrazone groups is 1. The zero-order valence-corrected chi connectivity index (χ0v) is 9.70. The van der Waals surface area contributed by atoms with Crippen molar-refractivity contribution in [3.8, 4) is 0 Å². The maximum Gasteiger partial charge on any atom is 0.152 e. The molecule has 3 nitrogen and oxygen atoms in total. The SMILES string of the molecule is CC/C=C1/C(C(C)C)=NN(C)C1=NC. The third-order valence-electron chi connectivity index (χ3n) is 2.25. The lowest BCUT2D eigenvalue weighted by atomic mass is 9.99. The molecule has 0 aromatic carbocycles. The van der Waals surface area contributed by atoms with Crippen molar-refractivity contribution >= 4 is 11.5 Å². The molecule has 0 aliphatic carbocycles. The third-order valence-corrected chi connectivity index (χ3v) is 2.25. The smallest absolute Gasteiger partial charge is 0.152 e. The molecule has 0 bridgehead atoms. The van der Waals surface area contributed by atoms with Gasteiger partial charge in [0.2, 0.25) is 0 Å². The molecule has 1 rings (SSSR count). The highest BCUT2D eigenvalue weighted by atomic mass is 15.5. The molecule has 0 radical (unpaired) electrons. The van der Waals surface area contributed by atoms with Crippen LogP contribution in [0.25, 0.3) is 0 Å². The van der Waals surface area contributed by atoms with E-state index in [4.69, 9.17) is 0 Å². The van der Waals surface area contributed by atoms with Gasteiger partial charge in [0.15, 0.2) is 5.84 Å². The van der Waals surface area contributed by atoms with Crippen LogP contribution in [0.15, 0.2) is 21.7 Å². The Balaban J connectivity index is 3.08. The molecule has 0 spiro atoms. The van der Waals surface area contributed by atoms with E-state index in [0.717, 1.165) is 18.0 Å². The van der Waals surface area contributed by atoms with E-state index in [9.17, 15) is 0 Å². The van der Waals surface area contributed by atoms with E-state index in [1.165, 1.54) is 5.57 Å². The molecule has 0 aromatic heterocycles. The number of amidine groups is 1. The lowest BCUT2D eigenvalue weighted by Crippen LogP contribution is -2.18. The Kier molecular flexibility index (Phi) is 3.44. The van der Waals surface area contributed by atoms with Crippen LogP contribution in [0.4, 0.5) is 0 Å². The Bertz CT molecular complexity index is 298. The normalized spacial score (nSPS) is 22.7. The van der Waals surface area contributed by atoms with Crippen molar-refractivity contribution in [3.63, 3.8) is 0 Å². The fourth-order valence-electron chi connectivity index (χ4n) is 1.64. The van der Waals surface area contributed by atoms with Crippen LogP contribution >= 0.6 is 0 Å². The topological polar surface area (TPSA) is 28.0 Å². The number of nitrogens with zero attached hydrogens (tertiary/aromatic N) is 3. The average Bonchev–Trinajstić information content (AvgIpc) is 2.43. The first kappa shape index (κ1) is 11.0. The monoisotopic (exact) mass is 193 g/mol. The largest absolute Gasteiger partial charge is 0.270 e. The molecule has 0 amide bonds. The van der Waals surface area contributed by atoms with Crippen molar-refractivity contribution in [1.82, 2.24) is 5.01 Å². The summed E-state index contributed by atoms with van der Waals surface area (Å²) in [5.74, 6) is 1.44. The zero-order chi connectivity index (χ0) is 10.7. The highest BCUT2D eigenvalue weighted by Gasteiger charge is 2.25. The van der Waals surface area contributed by atoms with Crippen LogP contribution in [-0.2, 0) is 0 Å². The van der Waals surface area contributed by atoms with Crippen molar-refractivity contribution in [3.05, 3.63) is 11.6 Å². The van der Waals surface area contributed by atoms with Gasteiger partial charge in [-0.05, 0) is 12.3 Å². The van der Waals surface area contributed by atoms with Gasteiger partial charge in [-0.15, -0.1) is 0 Å². The minimum absolute atomic E-state index is 0.453. The minimum Gasteiger partial charge on any atom is -0.270 e. The van der Waals surface area contributed by atoms with Gasteiger partial charge in [-0.25, -0.2) is 0 Å². The molecule has 1 heterocycles. The molecule has 0 saturated heterocycles. The Hall–Kier alpha value is -1.12. The lowest BCUT2D eigenvalue weighted by molar-refractivity contribution is 0.554. The van der Waals surface area contributed by atoms with Crippen LogP contribution in [0.5, 0.6) is 0 Å². The molecule has 3 heteroatoms. The number of rotatable bonds is 2. The van der Waals surface area contributed by atoms with Gasteiger partial charge in [0.1, 0.15) is 0 Å². The minimum atomic E-state index is 0.453. The van der Waals surface area contributed by atoms with E-state index >= 15 is 0 Å². The van der Waals surface area contributed by atoms with Crippen LogP contribution in [0.3, 0.4) is 0 Å². The molecule has 1 aliphatic heterocycles. The summed E-state index contributed by atoms with van der Waals surface area (Å²) >= 11 is 0. The van der Waals surface area contributed by atoms with Crippen molar-refractivity contribution in [2.75, 3.05) is 14.1 Å². The Morgan fingerprint density at radius 3 is 2.57 bits per heavy atom. The molecule has 0 fully saturated rings. The lowest BCUT2D eigenvalue weighted by Gasteiger charge is -2.07. The maximum atomic E-state index is 4.49. The van der Waals surface area contributed by atoms with E-state index in [1.807, 2.05) is 19.1 Å². The fraction of sp³-hybridized carbons (Fsp3) is 0.636. The average molecular weight is 193 g/mol. The van der Waals surface area contributed by atoms with Gasteiger partial charge in [-0.3, -0.25) is 10.0 Å². The van der Waals surface area contributed by atoms with E-state index in [1.54, 1.807) is 0 Å². The summed E-state index contributed by atoms with van der Waals surface area (Å²) in [6.07, 6.45) is 3.22. The predicted molar refractivity (Wildman–Crippen MR) is 61.8 cm³/mol. The van der Waals surface area contributed by atoms with Gasteiger partial charge in [0.05, 0.1) is 5.71 Å². The Morgan fingerprint density at radius 1 is 1.50 bits per heavy atom. The molecule has 0 N–H and O–H groups in total. The molecule has 0 saturated carbocycles. The number of hydrogen-bond donors (Lipinski definition) is 0. The van der Waals surface area contributed by atoms with Crippen LogP contribution in [0.2, 0.25) is 0 Å². The molecule has 78 valence electrons. The van der Waals surface area contributed by atoms with Crippen LogP contribution in [0.1, 0.15) is 27.2 Å². The number of likely N-dealkylation sites (N-methyl/N-ethyl adjacent to an activating group) is 1. The van der Waals surface area contributed by atoms with Crippen molar-refractivity contribution in [1.29, 1.82) is 0 Å². The van der Waals surface area contributed by atoms with Crippen LogP contribution in [-0.4, -0.2) is 30.7 Å². The van der Waals surface area contributed by atoms with Crippen molar-refractivity contribution < 1.29 is 0 Å². The van der Waals surface area contributed by atoms with E-state index in [0.29, 0.717) is 5.92 Å². The van der Waals surface area contributed by atoms with Gasteiger partial charge in [-0.2, -0.15) is 5.10 Å². The maximum absolute atomic E-state index is 4.49. The van der Waals surface area contributed by atoms with Gasteiger partial charge in [0.25, 0.3) is 0 Å². The van der Waals surface area contributed by atoms with Crippen molar-refractivity contribution in [2.24, 2.45) is 16.0 Å². The first-order valence-corrected chi connectivity index (χ1v) is 5.11. The quantitative estimate of drug-likeness (QED) is 0.661. The standard InChI is InChI=1S/C11H19N3/c1-6-7-9-10(8(2)3)13-14(5)11(9)12-4/h7-8H,6H2,1-5H3/b9-7-,12-11?. The number of hydrogen-bond acceptors (Lipinski definition) is 2. The fourth-order valence-corrected chi connectivity index (χ4v) is 1.64.